The quantitative estimate of drug-likeness (QED) is 0.823. The van der Waals surface area contributed by atoms with Crippen LogP contribution < -0.4 is 4.74 Å². The van der Waals surface area contributed by atoms with Gasteiger partial charge in [-0.15, -0.1) is 0 Å². The highest BCUT2D eigenvalue weighted by atomic mass is 79.9. The van der Waals surface area contributed by atoms with E-state index in [0.717, 1.165) is 14.7 Å². The number of aromatic nitrogens is 2. The van der Waals surface area contributed by atoms with Gasteiger partial charge >= 0.3 is 0 Å². The van der Waals surface area contributed by atoms with E-state index in [1.54, 1.807) is 6.20 Å². The van der Waals surface area contributed by atoms with Crippen molar-refractivity contribution in [2.75, 3.05) is 0 Å². The van der Waals surface area contributed by atoms with Gasteiger partial charge in [-0.3, -0.25) is 0 Å². The zero-order valence-corrected chi connectivity index (χ0v) is 11.6. The molecular weight excluding hydrogens is 336 g/mol. The molecule has 0 atom stereocenters. The highest BCUT2D eigenvalue weighted by Gasteiger charge is 2.06. The predicted octanol–water partition coefficient (Wildman–Crippen LogP) is 4.10. The number of benzene rings is 1. The third kappa shape index (κ3) is 2.59. The molecular formula is C11H8Br2N2O. The molecule has 0 aliphatic rings. The summed E-state index contributed by atoms with van der Waals surface area (Å²) in [6.07, 6.45) is 3.09. The molecule has 0 fully saturated rings. The zero-order chi connectivity index (χ0) is 11.5. The highest BCUT2D eigenvalue weighted by molar-refractivity contribution is 9.11. The van der Waals surface area contributed by atoms with Crippen molar-refractivity contribution in [2.45, 2.75) is 6.92 Å². The second-order valence-electron chi connectivity index (χ2n) is 3.21. The molecule has 0 amide bonds. The first kappa shape index (κ1) is 11.5. The highest BCUT2D eigenvalue weighted by Crippen LogP contribution is 2.32. The topological polar surface area (TPSA) is 35.0 Å². The third-order valence-electron chi connectivity index (χ3n) is 1.93. The number of halogens is 2. The maximum absolute atomic E-state index is 5.65. The van der Waals surface area contributed by atoms with Crippen LogP contribution in [0.4, 0.5) is 0 Å². The van der Waals surface area contributed by atoms with Crippen molar-refractivity contribution in [3.05, 3.63) is 45.2 Å². The number of hydrogen-bond donors (Lipinski definition) is 0. The number of nitrogens with zero attached hydrogens (tertiary/aromatic N) is 2. The Hall–Kier alpha value is -0.940. The first-order valence-electron chi connectivity index (χ1n) is 4.56. The summed E-state index contributed by atoms with van der Waals surface area (Å²) in [5.74, 6) is 1.23. The van der Waals surface area contributed by atoms with Crippen molar-refractivity contribution in [2.24, 2.45) is 0 Å². The molecule has 0 aliphatic carbocycles. The molecule has 3 nitrogen and oxygen atoms in total. The van der Waals surface area contributed by atoms with E-state index in [1.165, 1.54) is 11.9 Å². The van der Waals surface area contributed by atoms with Crippen LogP contribution >= 0.6 is 31.9 Å². The Kier molecular flexibility index (Phi) is 3.56. The van der Waals surface area contributed by atoms with Crippen LogP contribution in [0.1, 0.15) is 5.56 Å². The van der Waals surface area contributed by atoms with Crippen LogP contribution in [0.25, 0.3) is 0 Å². The molecule has 0 spiro atoms. The van der Waals surface area contributed by atoms with E-state index in [-0.39, 0.29) is 0 Å². The van der Waals surface area contributed by atoms with Gasteiger partial charge in [0.25, 0.3) is 0 Å². The lowest BCUT2D eigenvalue weighted by atomic mass is 10.2. The molecule has 1 aromatic heterocycles. The van der Waals surface area contributed by atoms with Gasteiger partial charge in [-0.1, -0.05) is 6.07 Å². The first-order valence-corrected chi connectivity index (χ1v) is 6.15. The van der Waals surface area contributed by atoms with E-state index < -0.39 is 0 Å². The monoisotopic (exact) mass is 342 g/mol. The van der Waals surface area contributed by atoms with Gasteiger partial charge < -0.3 is 4.74 Å². The summed E-state index contributed by atoms with van der Waals surface area (Å²) < 4.78 is 7.28. The average Bonchev–Trinajstić information content (AvgIpc) is 2.25. The van der Waals surface area contributed by atoms with Crippen LogP contribution in [0.2, 0.25) is 0 Å². The van der Waals surface area contributed by atoms with Gasteiger partial charge in [0, 0.05) is 6.20 Å². The summed E-state index contributed by atoms with van der Waals surface area (Å²) in [5, 5.41) is 0. The van der Waals surface area contributed by atoms with Gasteiger partial charge in [0.05, 0.1) is 8.95 Å². The Balaban J connectivity index is 2.31. The predicted molar refractivity (Wildman–Crippen MR) is 68.7 cm³/mol. The minimum absolute atomic E-state index is 0.500. The Labute approximate surface area is 110 Å². The first-order chi connectivity index (χ1) is 7.66. The summed E-state index contributed by atoms with van der Waals surface area (Å²) in [5.41, 5.74) is 1.17. The van der Waals surface area contributed by atoms with E-state index in [4.69, 9.17) is 4.74 Å². The van der Waals surface area contributed by atoms with Gasteiger partial charge in [0.15, 0.2) is 0 Å². The lowest BCUT2D eigenvalue weighted by Gasteiger charge is -2.08. The third-order valence-corrected chi connectivity index (χ3v) is 3.09. The molecule has 0 saturated heterocycles. The maximum Gasteiger partial charge on any atom is 0.236 e. The number of rotatable bonds is 2. The van der Waals surface area contributed by atoms with Gasteiger partial charge in [-0.2, -0.15) is 0 Å². The summed E-state index contributed by atoms with van der Waals surface area (Å²) >= 11 is 6.77. The van der Waals surface area contributed by atoms with Gasteiger partial charge in [0.2, 0.25) is 5.88 Å². The standard InChI is InChI=1S/C11H8Br2N2O/c1-7-2-3-10(8(12)4-7)16-11-9(13)5-14-6-15-11/h2-6H,1H3. The molecule has 5 heteroatoms. The lowest BCUT2D eigenvalue weighted by molar-refractivity contribution is 0.455. The summed E-state index contributed by atoms with van der Waals surface area (Å²) in [6.45, 7) is 2.02. The maximum atomic E-state index is 5.65. The van der Waals surface area contributed by atoms with Gasteiger partial charge in [0.1, 0.15) is 12.1 Å². The average molecular weight is 344 g/mol. The van der Waals surface area contributed by atoms with Crippen LogP contribution in [0.3, 0.4) is 0 Å². The minimum Gasteiger partial charge on any atom is -0.437 e. The normalized spacial score (nSPS) is 10.2. The molecule has 0 bridgehead atoms. The fourth-order valence-electron chi connectivity index (χ4n) is 1.17. The molecule has 16 heavy (non-hydrogen) atoms. The van der Waals surface area contributed by atoms with Crippen LogP contribution in [0, 0.1) is 6.92 Å². The molecule has 2 aromatic rings. The van der Waals surface area contributed by atoms with E-state index in [9.17, 15) is 0 Å². The van der Waals surface area contributed by atoms with E-state index >= 15 is 0 Å². The molecule has 2 rings (SSSR count). The van der Waals surface area contributed by atoms with Gasteiger partial charge in [-0.05, 0) is 56.5 Å². The molecule has 82 valence electrons. The smallest absolute Gasteiger partial charge is 0.236 e. The van der Waals surface area contributed by atoms with Crippen molar-refractivity contribution in [3.8, 4) is 11.6 Å². The van der Waals surface area contributed by atoms with Crippen molar-refractivity contribution < 1.29 is 4.74 Å². The summed E-state index contributed by atoms with van der Waals surface area (Å²) in [7, 11) is 0. The molecule has 0 N–H and O–H groups in total. The lowest BCUT2D eigenvalue weighted by Crippen LogP contribution is -1.91. The van der Waals surface area contributed by atoms with Gasteiger partial charge in [-0.25, -0.2) is 9.97 Å². The number of hydrogen-bond acceptors (Lipinski definition) is 3. The Morgan fingerprint density at radius 2 is 2.00 bits per heavy atom. The molecule has 0 unspecified atom stereocenters. The van der Waals surface area contributed by atoms with Crippen LogP contribution in [-0.2, 0) is 0 Å². The fraction of sp³-hybridized carbons (Fsp3) is 0.0909. The second kappa shape index (κ2) is 4.93. The van der Waals surface area contributed by atoms with Crippen LogP contribution in [0.5, 0.6) is 11.6 Å². The Bertz CT molecular complexity index is 517. The van der Waals surface area contributed by atoms with E-state index in [2.05, 4.69) is 41.8 Å². The molecule has 0 saturated carbocycles. The molecule has 0 radical (unpaired) electrons. The molecule has 0 aliphatic heterocycles. The number of aryl methyl sites for hydroxylation is 1. The van der Waals surface area contributed by atoms with Crippen molar-refractivity contribution in [1.29, 1.82) is 0 Å². The Morgan fingerprint density at radius 3 is 2.69 bits per heavy atom. The molecule has 1 heterocycles. The number of ether oxygens (including phenoxy) is 1. The Morgan fingerprint density at radius 1 is 1.19 bits per heavy atom. The van der Waals surface area contributed by atoms with Crippen molar-refractivity contribution >= 4 is 31.9 Å². The van der Waals surface area contributed by atoms with Crippen LogP contribution in [0.15, 0.2) is 39.7 Å². The molecule has 1 aromatic carbocycles. The van der Waals surface area contributed by atoms with E-state index in [0.29, 0.717) is 5.88 Å². The summed E-state index contributed by atoms with van der Waals surface area (Å²) in [6, 6.07) is 5.87. The van der Waals surface area contributed by atoms with Crippen LogP contribution in [-0.4, -0.2) is 9.97 Å². The zero-order valence-electron chi connectivity index (χ0n) is 8.45. The minimum atomic E-state index is 0.500. The fourth-order valence-corrected chi connectivity index (χ4v) is 2.05. The largest absolute Gasteiger partial charge is 0.437 e. The van der Waals surface area contributed by atoms with Crippen molar-refractivity contribution in [1.82, 2.24) is 9.97 Å². The van der Waals surface area contributed by atoms with Crippen molar-refractivity contribution in [3.63, 3.8) is 0 Å². The SMILES string of the molecule is Cc1ccc(Oc2ncncc2Br)c(Br)c1. The van der Waals surface area contributed by atoms with E-state index in [1.807, 2.05) is 25.1 Å². The second-order valence-corrected chi connectivity index (χ2v) is 4.92. The summed E-state index contributed by atoms with van der Waals surface area (Å²) in [4.78, 5) is 7.91.